The highest BCUT2D eigenvalue weighted by molar-refractivity contribution is 7.89. The number of aromatic nitrogens is 4. The SMILES string of the molecule is Cc1nc(S(=O)(=O)N2CCC(Cn3nc4c(cc3=O)CCC4)CC2)cn1C. The molecule has 0 spiro atoms. The second-order valence-corrected chi connectivity index (χ2v) is 9.46. The van der Waals surface area contributed by atoms with Gasteiger partial charge in [-0.2, -0.15) is 9.40 Å². The van der Waals surface area contributed by atoms with Crippen molar-refractivity contribution in [2.45, 2.75) is 50.6 Å². The van der Waals surface area contributed by atoms with Crippen LogP contribution in [-0.2, 0) is 36.5 Å². The van der Waals surface area contributed by atoms with E-state index in [0.29, 0.717) is 25.5 Å². The number of nitrogens with zero attached hydrogens (tertiary/aromatic N) is 5. The minimum atomic E-state index is -3.56. The number of piperidine rings is 1. The minimum Gasteiger partial charge on any atom is -0.337 e. The van der Waals surface area contributed by atoms with Crippen molar-refractivity contribution in [2.24, 2.45) is 13.0 Å². The van der Waals surface area contributed by atoms with E-state index in [1.54, 1.807) is 35.5 Å². The van der Waals surface area contributed by atoms with Crippen LogP contribution in [0.4, 0.5) is 0 Å². The molecule has 2 aromatic heterocycles. The van der Waals surface area contributed by atoms with Crippen molar-refractivity contribution >= 4 is 10.0 Å². The Balaban J connectivity index is 1.43. The molecule has 0 aromatic carbocycles. The van der Waals surface area contributed by atoms with Gasteiger partial charge in [0.1, 0.15) is 5.82 Å². The normalized spacial score (nSPS) is 18.7. The first-order valence-corrected chi connectivity index (χ1v) is 10.9. The zero-order chi connectivity index (χ0) is 19.2. The van der Waals surface area contributed by atoms with Gasteiger partial charge in [0.25, 0.3) is 15.6 Å². The molecular formula is C18H25N5O3S. The summed E-state index contributed by atoms with van der Waals surface area (Å²) in [7, 11) is -1.77. The lowest BCUT2D eigenvalue weighted by Crippen LogP contribution is -2.40. The molecule has 1 aliphatic carbocycles. The van der Waals surface area contributed by atoms with Crippen LogP contribution >= 0.6 is 0 Å². The van der Waals surface area contributed by atoms with Crippen molar-refractivity contribution < 1.29 is 8.42 Å². The third-order valence-corrected chi connectivity index (χ3v) is 7.49. The van der Waals surface area contributed by atoms with Gasteiger partial charge < -0.3 is 4.57 Å². The molecule has 0 bridgehead atoms. The molecule has 8 nitrogen and oxygen atoms in total. The van der Waals surface area contributed by atoms with E-state index in [1.165, 1.54) is 4.31 Å². The zero-order valence-electron chi connectivity index (χ0n) is 15.8. The first kappa shape index (κ1) is 18.4. The molecule has 1 saturated heterocycles. The fourth-order valence-corrected chi connectivity index (χ4v) is 5.42. The zero-order valence-corrected chi connectivity index (χ0v) is 16.6. The molecule has 0 atom stereocenters. The van der Waals surface area contributed by atoms with Crippen LogP contribution in [0.3, 0.4) is 0 Å². The molecule has 0 N–H and O–H groups in total. The third-order valence-electron chi connectivity index (χ3n) is 5.72. The highest BCUT2D eigenvalue weighted by Crippen LogP contribution is 2.24. The summed E-state index contributed by atoms with van der Waals surface area (Å²) in [4.78, 5) is 16.4. The maximum Gasteiger partial charge on any atom is 0.267 e. The topological polar surface area (TPSA) is 90.1 Å². The molecule has 2 aliphatic rings. The van der Waals surface area contributed by atoms with Crippen molar-refractivity contribution in [3.63, 3.8) is 0 Å². The minimum absolute atomic E-state index is 0.0466. The number of hydrogen-bond acceptors (Lipinski definition) is 5. The summed E-state index contributed by atoms with van der Waals surface area (Å²) in [6, 6.07) is 1.72. The molecule has 27 heavy (non-hydrogen) atoms. The molecule has 0 saturated carbocycles. The average molecular weight is 391 g/mol. The lowest BCUT2D eigenvalue weighted by Gasteiger charge is -2.30. The van der Waals surface area contributed by atoms with Gasteiger partial charge in [-0.25, -0.2) is 18.1 Å². The quantitative estimate of drug-likeness (QED) is 0.772. The van der Waals surface area contributed by atoms with Gasteiger partial charge in [-0.3, -0.25) is 4.79 Å². The van der Waals surface area contributed by atoms with E-state index in [0.717, 1.165) is 43.4 Å². The van der Waals surface area contributed by atoms with Crippen LogP contribution in [0, 0.1) is 12.8 Å². The first-order valence-electron chi connectivity index (χ1n) is 9.44. The predicted molar refractivity (Wildman–Crippen MR) is 99.9 cm³/mol. The Kier molecular flexibility index (Phi) is 4.67. The Morgan fingerprint density at radius 3 is 2.63 bits per heavy atom. The van der Waals surface area contributed by atoms with Gasteiger partial charge >= 0.3 is 0 Å². The number of rotatable bonds is 4. The summed E-state index contributed by atoms with van der Waals surface area (Å²) >= 11 is 0. The maximum atomic E-state index is 12.8. The Bertz CT molecular complexity index is 997. The fraction of sp³-hybridized carbons (Fsp3) is 0.611. The molecule has 2 aromatic rings. The van der Waals surface area contributed by atoms with Crippen molar-refractivity contribution in [1.29, 1.82) is 0 Å². The molecular weight excluding hydrogens is 366 g/mol. The lowest BCUT2D eigenvalue weighted by atomic mass is 9.98. The largest absolute Gasteiger partial charge is 0.337 e. The van der Waals surface area contributed by atoms with Crippen LogP contribution in [0.1, 0.15) is 36.3 Å². The van der Waals surface area contributed by atoms with Crippen molar-refractivity contribution in [3.8, 4) is 0 Å². The van der Waals surface area contributed by atoms with E-state index in [2.05, 4.69) is 10.1 Å². The molecule has 3 heterocycles. The number of aryl methyl sites for hydroxylation is 4. The summed E-state index contributed by atoms with van der Waals surface area (Å²) in [5.74, 6) is 0.928. The highest BCUT2D eigenvalue weighted by Gasteiger charge is 2.31. The molecule has 9 heteroatoms. The number of fused-ring (bicyclic) bond motifs is 1. The van der Waals surface area contributed by atoms with Crippen LogP contribution in [0.25, 0.3) is 0 Å². The molecule has 0 amide bonds. The van der Waals surface area contributed by atoms with Crippen molar-refractivity contribution in [1.82, 2.24) is 23.6 Å². The van der Waals surface area contributed by atoms with Crippen LogP contribution in [0.15, 0.2) is 22.1 Å². The van der Waals surface area contributed by atoms with E-state index in [9.17, 15) is 13.2 Å². The van der Waals surface area contributed by atoms with Gasteiger partial charge in [-0.15, -0.1) is 0 Å². The Morgan fingerprint density at radius 2 is 1.96 bits per heavy atom. The number of imidazole rings is 1. The molecule has 1 fully saturated rings. The third kappa shape index (κ3) is 3.45. The second-order valence-electron chi connectivity index (χ2n) is 7.57. The van der Waals surface area contributed by atoms with E-state index < -0.39 is 10.0 Å². The Labute approximate surface area is 158 Å². The summed E-state index contributed by atoms with van der Waals surface area (Å²) < 4.78 is 30.4. The van der Waals surface area contributed by atoms with Crippen LogP contribution in [0.2, 0.25) is 0 Å². The average Bonchev–Trinajstić information content (AvgIpc) is 3.22. The monoisotopic (exact) mass is 391 g/mol. The number of hydrogen-bond donors (Lipinski definition) is 0. The second kappa shape index (κ2) is 6.87. The summed E-state index contributed by atoms with van der Waals surface area (Å²) in [6.45, 7) is 3.24. The van der Waals surface area contributed by atoms with E-state index in [4.69, 9.17) is 0 Å². The fourth-order valence-electron chi connectivity index (χ4n) is 3.93. The molecule has 0 radical (unpaired) electrons. The molecule has 4 rings (SSSR count). The lowest BCUT2D eigenvalue weighted by molar-refractivity contribution is 0.243. The van der Waals surface area contributed by atoms with Crippen LogP contribution in [0.5, 0.6) is 0 Å². The van der Waals surface area contributed by atoms with E-state index in [1.807, 2.05) is 0 Å². The van der Waals surface area contributed by atoms with Gasteiger partial charge in [0.2, 0.25) is 0 Å². The van der Waals surface area contributed by atoms with Crippen molar-refractivity contribution in [3.05, 3.63) is 39.7 Å². The van der Waals surface area contributed by atoms with E-state index >= 15 is 0 Å². The molecule has 146 valence electrons. The Hall–Kier alpha value is -2.00. The van der Waals surface area contributed by atoms with Crippen molar-refractivity contribution in [2.75, 3.05) is 13.1 Å². The first-order chi connectivity index (χ1) is 12.8. The Morgan fingerprint density at radius 1 is 1.22 bits per heavy atom. The van der Waals surface area contributed by atoms with Crippen LogP contribution in [-0.4, -0.2) is 45.1 Å². The van der Waals surface area contributed by atoms with Crippen LogP contribution < -0.4 is 5.56 Å². The number of sulfonamides is 1. The summed E-state index contributed by atoms with van der Waals surface area (Å²) in [5, 5.41) is 4.64. The maximum absolute atomic E-state index is 12.8. The van der Waals surface area contributed by atoms with Gasteiger partial charge in [0, 0.05) is 38.9 Å². The molecule has 1 aliphatic heterocycles. The summed E-state index contributed by atoms with van der Waals surface area (Å²) in [6.07, 6.45) is 5.95. The van der Waals surface area contributed by atoms with Gasteiger partial charge in [0.05, 0.1) is 5.69 Å². The van der Waals surface area contributed by atoms with Gasteiger partial charge in [-0.05, 0) is 50.5 Å². The molecule has 0 unspecified atom stereocenters. The smallest absolute Gasteiger partial charge is 0.267 e. The summed E-state index contributed by atoms with van der Waals surface area (Å²) in [5.41, 5.74) is 2.08. The highest BCUT2D eigenvalue weighted by atomic mass is 32.2. The standard InChI is InChI=1S/C18H25N5O3S/c1-13-19-17(12-21(13)2)27(25,26)22-8-6-14(7-9-22)11-23-18(24)10-15-4-3-5-16(15)20-23/h10,12,14H,3-9,11H2,1-2H3. The van der Waals surface area contributed by atoms with Gasteiger partial charge in [0.15, 0.2) is 5.03 Å². The van der Waals surface area contributed by atoms with E-state index in [-0.39, 0.29) is 16.5 Å². The van der Waals surface area contributed by atoms with Gasteiger partial charge in [-0.1, -0.05) is 0 Å². The predicted octanol–water partition coefficient (Wildman–Crippen LogP) is 0.875.